The molecule has 8 nitrogen and oxygen atoms in total. The van der Waals surface area contributed by atoms with Crippen LogP contribution in [0.15, 0.2) is 47.4 Å². The van der Waals surface area contributed by atoms with Crippen LogP contribution in [0.3, 0.4) is 0 Å². The van der Waals surface area contributed by atoms with Crippen LogP contribution in [0.1, 0.15) is 16.7 Å². The van der Waals surface area contributed by atoms with E-state index in [1.165, 1.54) is 15.7 Å². The van der Waals surface area contributed by atoms with E-state index in [0.29, 0.717) is 22.0 Å². The molecule has 4 aromatic rings. The number of nitrogens with two attached hydrogens (primary N) is 1. The van der Waals surface area contributed by atoms with Crippen LogP contribution in [-0.4, -0.2) is 38.0 Å². The summed E-state index contributed by atoms with van der Waals surface area (Å²) in [5.74, 6) is 0.535. The standard InChI is InChI=1S/C23H22ClN7O/c1-13-3-6-19(18(24)9-13)31-20(25)17-11-26-22(28-21(17)29-23(31)32)27-16-5-4-14-7-8-30(2)12-15(14)10-16/h3-6,9-11H,7-8,12,25H2,1-2H3,(H,27,28,29,32). The predicted octanol–water partition coefficient (Wildman–Crippen LogP) is 3.45. The summed E-state index contributed by atoms with van der Waals surface area (Å²) in [4.78, 5) is 28.0. The molecule has 3 N–H and O–H groups in total. The van der Waals surface area contributed by atoms with Gasteiger partial charge in [0.2, 0.25) is 5.95 Å². The van der Waals surface area contributed by atoms with Crippen molar-refractivity contribution >= 4 is 40.1 Å². The zero-order valence-corrected chi connectivity index (χ0v) is 18.5. The minimum atomic E-state index is -0.553. The van der Waals surface area contributed by atoms with E-state index >= 15 is 0 Å². The summed E-state index contributed by atoms with van der Waals surface area (Å²) < 4.78 is 1.28. The van der Waals surface area contributed by atoms with E-state index in [-0.39, 0.29) is 11.5 Å². The minimum Gasteiger partial charge on any atom is -0.384 e. The topological polar surface area (TPSA) is 102 Å². The normalized spacial score (nSPS) is 13.8. The third-order valence-corrected chi connectivity index (χ3v) is 5.99. The van der Waals surface area contributed by atoms with Gasteiger partial charge in [-0.1, -0.05) is 23.7 Å². The molecule has 0 aliphatic carbocycles. The lowest BCUT2D eigenvalue weighted by Gasteiger charge is -2.25. The lowest BCUT2D eigenvalue weighted by molar-refractivity contribution is 0.313. The van der Waals surface area contributed by atoms with Gasteiger partial charge in [-0.25, -0.2) is 14.3 Å². The summed E-state index contributed by atoms with van der Waals surface area (Å²) in [6.07, 6.45) is 2.61. The molecule has 0 bridgehead atoms. The molecule has 0 radical (unpaired) electrons. The highest BCUT2D eigenvalue weighted by molar-refractivity contribution is 6.32. The fourth-order valence-electron chi connectivity index (χ4n) is 3.99. The van der Waals surface area contributed by atoms with Crippen LogP contribution in [0.25, 0.3) is 16.7 Å². The van der Waals surface area contributed by atoms with Crippen LogP contribution in [0.2, 0.25) is 5.02 Å². The number of likely N-dealkylation sites (N-methyl/N-ethyl adjacent to an activating group) is 1. The van der Waals surface area contributed by atoms with Gasteiger partial charge in [-0.2, -0.15) is 9.97 Å². The Hall–Kier alpha value is -3.49. The van der Waals surface area contributed by atoms with Crippen LogP contribution in [0.5, 0.6) is 0 Å². The molecule has 0 unspecified atom stereocenters. The van der Waals surface area contributed by atoms with Gasteiger partial charge >= 0.3 is 5.69 Å². The molecular weight excluding hydrogens is 426 g/mol. The van der Waals surface area contributed by atoms with Crippen molar-refractivity contribution < 1.29 is 0 Å². The van der Waals surface area contributed by atoms with Crippen molar-refractivity contribution in [2.24, 2.45) is 0 Å². The average Bonchev–Trinajstić information content (AvgIpc) is 2.74. The Morgan fingerprint density at radius 3 is 2.78 bits per heavy atom. The average molecular weight is 448 g/mol. The first-order valence-electron chi connectivity index (χ1n) is 10.3. The number of hydrogen-bond acceptors (Lipinski definition) is 7. The molecule has 1 aliphatic rings. The molecular formula is C23H22ClN7O. The van der Waals surface area contributed by atoms with Crippen molar-refractivity contribution in [2.75, 3.05) is 24.6 Å². The highest BCUT2D eigenvalue weighted by Crippen LogP contribution is 2.27. The maximum Gasteiger partial charge on any atom is 0.355 e. The number of rotatable bonds is 3. The zero-order chi connectivity index (χ0) is 22.4. The number of anilines is 3. The van der Waals surface area contributed by atoms with Gasteiger partial charge in [0.1, 0.15) is 5.82 Å². The number of aryl methyl sites for hydroxylation is 1. The van der Waals surface area contributed by atoms with Gasteiger partial charge in [-0.05, 0) is 61.3 Å². The summed E-state index contributed by atoms with van der Waals surface area (Å²) >= 11 is 6.35. The smallest absolute Gasteiger partial charge is 0.355 e. The maximum absolute atomic E-state index is 12.8. The highest BCUT2D eigenvalue weighted by Gasteiger charge is 2.16. The number of fused-ring (bicyclic) bond motifs is 2. The molecule has 9 heteroatoms. The molecule has 0 amide bonds. The van der Waals surface area contributed by atoms with Crippen molar-refractivity contribution in [3.63, 3.8) is 0 Å². The number of halogens is 1. The van der Waals surface area contributed by atoms with Crippen molar-refractivity contribution in [3.8, 4) is 5.69 Å². The Labute approximate surface area is 189 Å². The monoisotopic (exact) mass is 447 g/mol. The van der Waals surface area contributed by atoms with Gasteiger partial charge in [0, 0.05) is 25.0 Å². The van der Waals surface area contributed by atoms with E-state index in [2.05, 4.69) is 44.3 Å². The summed E-state index contributed by atoms with van der Waals surface area (Å²) in [7, 11) is 2.11. The quantitative estimate of drug-likeness (QED) is 0.495. The van der Waals surface area contributed by atoms with E-state index in [4.69, 9.17) is 17.3 Å². The predicted molar refractivity (Wildman–Crippen MR) is 127 cm³/mol. The van der Waals surface area contributed by atoms with E-state index < -0.39 is 5.69 Å². The molecule has 0 spiro atoms. The number of nitrogens with one attached hydrogen (secondary N) is 1. The Bertz CT molecular complexity index is 1420. The van der Waals surface area contributed by atoms with Gasteiger partial charge in [-0.15, -0.1) is 0 Å². The number of nitrogens with zero attached hydrogens (tertiary/aromatic N) is 5. The van der Waals surface area contributed by atoms with Gasteiger partial charge < -0.3 is 16.0 Å². The van der Waals surface area contributed by atoms with E-state index in [0.717, 1.165) is 30.8 Å². The molecule has 2 aromatic carbocycles. The fraction of sp³-hybridized carbons (Fsp3) is 0.217. The van der Waals surface area contributed by atoms with Crippen LogP contribution < -0.4 is 16.7 Å². The van der Waals surface area contributed by atoms with E-state index in [1.807, 2.05) is 19.1 Å². The molecule has 32 heavy (non-hydrogen) atoms. The summed E-state index contributed by atoms with van der Waals surface area (Å²) in [6, 6.07) is 11.6. The first kappa shape index (κ1) is 20.4. The van der Waals surface area contributed by atoms with Gasteiger partial charge in [-0.3, -0.25) is 0 Å². The second-order valence-electron chi connectivity index (χ2n) is 8.10. The first-order valence-corrected chi connectivity index (χ1v) is 10.7. The first-order chi connectivity index (χ1) is 15.4. The summed E-state index contributed by atoms with van der Waals surface area (Å²) in [6.45, 7) is 3.89. The zero-order valence-electron chi connectivity index (χ0n) is 17.8. The molecule has 5 rings (SSSR count). The maximum atomic E-state index is 12.8. The molecule has 0 saturated carbocycles. The SMILES string of the molecule is Cc1ccc(-n2c(N)c3cnc(Nc4ccc5c(c4)CN(C)CC5)nc3nc2=O)c(Cl)c1. The molecule has 0 atom stereocenters. The molecule has 162 valence electrons. The lowest BCUT2D eigenvalue weighted by Crippen LogP contribution is -2.26. The number of benzene rings is 2. The third-order valence-electron chi connectivity index (χ3n) is 5.69. The van der Waals surface area contributed by atoms with Gasteiger partial charge in [0.25, 0.3) is 0 Å². The van der Waals surface area contributed by atoms with E-state index in [1.54, 1.807) is 18.3 Å². The molecule has 0 saturated heterocycles. The van der Waals surface area contributed by atoms with Gasteiger partial charge in [0.15, 0.2) is 5.65 Å². The molecule has 0 fully saturated rings. The second-order valence-corrected chi connectivity index (χ2v) is 8.50. The molecule has 1 aliphatic heterocycles. The van der Waals surface area contributed by atoms with Crippen molar-refractivity contribution in [1.82, 2.24) is 24.4 Å². The number of nitrogen functional groups attached to an aromatic ring is 1. The largest absolute Gasteiger partial charge is 0.384 e. The van der Waals surface area contributed by atoms with Gasteiger partial charge in [0.05, 0.1) is 16.1 Å². The van der Waals surface area contributed by atoms with Crippen LogP contribution in [0.4, 0.5) is 17.5 Å². The van der Waals surface area contributed by atoms with Crippen LogP contribution >= 0.6 is 11.6 Å². The third kappa shape index (κ3) is 3.68. The lowest BCUT2D eigenvalue weighted by atomic mass is 9.99. The van der Waals surface area contributed by atoms with Crippen molar-refractivity contribution in [2.45, 2.75) is 19.9 Å². The van der Waals surface area contributed by atoms with Crippen molar-refractivity contribution in [3.05, 3.63) is 74.8 Å². The van der Waals surface area contributed by atoms with Crippen LogP contribution in [0, 0.1) is 6.92 Å². The Kier molecular flexibility index (Phi) is 5.03. The number of hydrogen-bond donors (Lipinski definition) is 2. The van der Waals surface area contributed by atoms with E-state index in [9.17, 15) is 4.79 Å². The summed E-state index contributed by atoms with van der Waals surface area (Å²) in [5, 5.41) is 4.10. The minimum absolute atomic E-state index is 0.189. The second kappa shape index (κ2) is 7.89. The summed E-state index contributed by atoms with van der Waals surface area (Å²) in [5.41, 5.74) is 10.9. The Morgan fingerprint density at radius 1 is 1.12 bits per heavy atom. The number of aromatic nitrogens is 4. The van der Waals surface area contributed by atoms with Crippen LogP contribution in [-0.2, 0) is 13.0 Å². The Morgan fingerprint density at radius 2 is 1.97 bits per heavy atom. The molecule has 3 heterocycles. The van der Waals surface area contributed by atoms with Crippen molar-refractivity contribution in [1.29, 1.82) is 0 Å². The highest BCUT2D eigenvalue weighted by atomic mass is 35.5. The fourth-order valence-corrected chi connectivity index (χ4v) is 4.31. The molecule has 2 aromatic heterocycles. The Balaban J connectivity index is 1.51.